The van der Waals surface area contributed by atoms with Crippen molar-refractivity contribution >= 4 is 8.25 Å². The third kappa shape index (κ3) is 107. The van der Waals surface area contributed by atoms with Gasteiger partial charge in [-0.1, -0.05) is 326 Å². The predicted molar refractivity (Wildman–Crippen MR) is 260 cm³/mol. The zero-order chi connectivity index (χ0) is 42.6. The summed E-state index contributed by atoms with van der Waals surface area (Å²) < 4.78 is 13.2. The second-order valence-corrected chi connectivity index (χ2v) is 17.0. The van der Waals surface area contributed by atoms with Gasteiger partial charge in [0.05, 0.1) is 0 Å². The SMILES string of the molecule is CCCCCCCCCC.CCCCCCCCCC.CCCCCCCCCC.CCCCCCCCCC.CCCCCCCCCC.CO[PH](=O)O. The van der Waals surface area contributed by atoms with Gasteiger partial charge in [0.2, 0.25) is 0 Å². The first kappa shape index (κ1) is 66.9. The van der Waals surface area contributed by atoms with Gasteiger partial charge in [-0.05, 0) is 0 Å². The first-order chi connectivity index (χ1) is 26.8. The molecule has 0 spiro atoms. The van der Waals surface area contributed by atoms with Crippen LogP contribution in [0.15, 0.2) is 0 Å². The highest BCUT2D eigenvalue weighted by Gasteiger charge is 1.91. The van der Waals surface area contributed by atoms with Gasteiger partial charge in [-0.15, -0.1) is 0 Å². The lowest BCUT2D eigenvalue weighted by Gasteiger charge is -1.97. The van der Waals surface area contributed by atoms with Crippen molar-refractivity contribution in [3.63, 3.8) is 0 Å². The van der Waals surface area contributed by atoms with Crippen LogP contribution >= 0.6 is 8.25 Å². The topological polar surface area (TPSA) is 46.5 Å². The van der Waals surface area contributed by atoms with Crippen LogP contribution in [-0.2, 0) is 9.09 Å². The number of hydrogen-bond donors (Lipinski definition) is 1. The molecular weight excluding hydrogens is 692 g/mol. The van der Waals surface area contributed by atoms with E-state index in [-0.39, 0.29) is 0 Å². The van der Waals surface area contributed by atoms with E-state index in [1.54, 1.807) is 0 Å². The molecule has 0 aromatic rings. The van der Waals surface area contributed by atoms with Crippen LogP contribution < -0.4 is 0 Å². The fourth-order valence-electron chi connectivity index (χ4n) is 6.04. The Morgan fingerprint density at radius 2 is 0.327 bits per heavy atom. The van der Waals surface area contributed by atoms with E-state index >= 15 is 0 Å². The highest BCUT2D eigenvalue weighted by atomic mass is 31.1. The molecule has 0 aromatic heterocycles. The summed E-state index contributed by atoms with van der Waals surface area (Å²) in [5.41, 5.74) is 0. The molecule has 4 heteroatoms. The van der Waals surface area contributed by atoms with Crippen LogP contribution in [0.2, 0.25) is 0 Å². The summed E-state index contributed by atoms with van der Waals surface area (Å²) in [6.07, 6.45) is 57.3. The molecule has 0 aliphatic rings. The van der Waals surface area contributed by atoms with Crippen LogP contribution in [0.25, 0.3) is 0 Å². The number of hydrogen-bond acceptors (Lipinski definition) is 2. The van der Waals surface area contributed by atoms with Crippen molar-refractivity contribution in [3.8, 4) is 0 Å². The second-order valence-electron chi connectivity index (χ2n) is 16.1. The first-order valence-corrected chi connectivity index (χ1v) is 26.9. The molecule has 1 atom stereocenters. The Labute approximate surface area is 354 Å². The Morgan fingerprint density at radius 3 is 0.382 bits per heavy atom. The maximum atomic E-state index is 9.33. The van der Waals surface area contributed by atoms with Crippen LogP contribution in [0.4, 0.5) is 0 Å². The largest absolute Gasteiger partial charge is 0.326 e. The summed E-state index contributed by atoms with van der Waals surface area (Å²) in [5, 5.41) is 0. The molecule has 1 N–H and O–H groups in total. The van der Waals surface area contributed by atoms with E-state index in [1.807, 2.05) is 0 Å². The molecule has 0 rings (SSSR count). The van der Waals surface area contributed by atoms with E-state index < -0.39 is 8.25 Å². The molecule has 0 heterocycles. The Bertz CT molecular complexity index is 409. The molecule has 342 valence electrons. The van der Waals surface area contributed by atoms with E-state index in [9.17, 15) is 4.57 Å². The van der Waals surface area contributed by atoms with Crippen LogP contribution in [0.5, 0.6) is 0 Å². The van der Waals surface area contributed by atoms with Crippen LogP contribution in [0.1, 0.15) is 326 Å². The minimum atomic E-state index is -2.62. The first-order valence-electron chi connectivity index (χ1n) is 25.6. The lowest BCUT2D eigenvalue weighted by molar-refractivity contribution is 0.343. The molecule has 0 radical (unpaired) electrons. The Balaban J connectivity index is -0.000000132. The van der Waals surface area contributed by atoms with Crippen LogP contribution in [0.3, 0.4) is 0 Å². The minimum absolute atomic E-state index is 1.18. The Hall–Kier alpha value is 0.150. The normalized spacial score (nSPS) is 10.6. The van der Waals surface area contributed by atoms with E-state index in [2.05, 4.69) is 73.8 Å². The van der Waals surface area contributed by atoms with Crippen molar-refractivity contribution in [2.75, 3.05) is 7.11 Å². The molecule has 0 aliphatic heterocycles. The average molecular weight is 807 g/mol. The molecule has 1 unspecified atom stereocenters. The third-order valence-corrected chi connectivity index (χ3v) is 10.3. The molecule has 3 nitrogen and oxygen atoms in total. The molecule has 55 heavy (non-hydrogen) atoms. The highest BCUT2D eigenvalue weighted by Crippen LogP contribution is 2.11. The maximum absolute atomic E-state index is 9.33. The Kier molecular flexibility index (Phi) is 95.5. The van der Waals surface area contributed by atoms with Gasteiger partial charge in [0, 0.05) is 7.11 Å². The lowest BCUT2D eigenvalue weighted by atomic mass is 10.1. The van der Waals surface area contributed by atoms with Gasteiger partial charge in [-0.2, -0.15) is 0 Å². The average Bonchev–Trinajstić information content (AvgIpc) is 3.20. The predicted octanol–water partition coefficient (Wildman–Crippen LogP) is 20.7. The second kappa shape index (κ2) is 78.5. The minimum Gasteiger partial charge on any atom is -0.326 e. The van der Waals surface area contributed by atoms with Crippen LogP contribution in [0, 0.1) is 0 Å². The summed E-state index contributed by atoms with van der Waals surface area (Å²) >= 11 is 0. The summed E-state index contributed by atoms with van der Waals surface area (Å²) in [6.45, 7) is 22.7. The highest BCUT2D eigenvalue weighted by molar-refractivity contribution is 7.32. The smallest absolute Gasteiger partial charge is 0.316 e. The van der Waals surface area contributed by atoms with E-state index in [0.717, 1.165) is 0 Å². The van der Waals surface area contributed by atoms with Crippen LogP contribution in [-0.4, -0.2) is 12.0 Å². The van der Waals surface area contributed by atoms with Crippen molar-refractivity contribution in [3.05, 3.63) is 0 Å². The van der Waals surface area contributed by atoms with E-state index in [0.29, 0.717) is 0 Å². The molecule has 0 amide bonds. The molecule has 0 aromatic carbocycles. The van der Waals surface area contributed by atoms with Crippen molar-refractivity contribution in [1.29, 1.82) is 0 Å². The number of unbranched alkanes of at least 4 members (excludes halogenated alkanes) is 35. The van der Waals surface area contributed by atoms with Gasteiger partial charge in [-0.25, -0.2) is 0 Å². The van der Waals surface area contributed by atoms with Gasteiger partial charge in [0.1, 0.15) is 0 Å². The standard InChI is InChI=1S/5C10H22.CH5O3P/c5*1-3-5-7-9-10-8-6-4-2;1-4-5(2)3/h5*3-10H2,1-2H3;5H,1H3,(H,2,3). The monoisotopic (exact) mass is 807 g/mol. The molecular formula is C51H115O3P. The quantitative estimate of drug-likeness (QED) is 0.0507. The summed E-state index contributed by atoms with van der Waals surface area (Å²) in [4.78, 5) is 7.69. The summed E-state index contributed by atoms with van der Waals surface area (Å²) in [5.74, 6) is 0. The fourth-order valence-corrected chi connectivity index (χ4v) is 6.04. The molecule has 0 fully saturated rings. The van der Waals surface area contributed by atoms with Gasteiger partial charge in [0.15, 0.2) is 0 Å². The zero-order valence-corrected chi connectivity index (χ0v) is 42.0. The van der Waals surface area contributed by atoms with E-state index in [4.69, 9.17) is 4.89 Å². The van der Waals surface area contributed by atoms with Crippen molar-refractivity contribution in [1.82, 2.24) is 0 Å². The van der Waals surface area contributed by atoms with Gasteiger partial charge in [0.25, 0.3) is 0 Å². The van der Waals surface area contributed by atoms with Crippen molar-refractivity contribution in [2.24, 2.45) is 0 Å². The van der Waals surface area contributed by atoms with Crippen molar-refractivity contribution < 1.29 is 14.0 Å². The lowest BCUT2D eigenvalue weighted by Crippen LogP contribution is -1.77. The summed E-state index contributed by atoms with van der Waals surface area (Å²) in [7, 11) is -1.44. The molecule has 0 aliphatic carbocycles. The van der Waals surface area contributed by atoms with E-state index in [1.165, 1.54) is 264 Å². The molecule has 0 saturated heterocycles. The fraction of sp³-hybridized carbons (Fsp3) is 1.00. The number of rotatable bonds is 36. The van der Waals surface area contributed by atoms with Gasteiger partial charge >= 0.3 is 8.25 Å². The summed E-state index contributed by atoms with van der Waals surface area (Å²) in [6, 6.07) is 0. The maximum Gasteiger partial charge on any atom is 0.316 e. The third-order valence-electron chi connectivity index (χ3n) is 9.96. The molecule has 0 saturated carbocycles. The Morgan fingerprint density at radius 1 is 0.255 bits per heavy atom. The molecule has 0 bridgehead atoms. The van der Waals surface area contributed by atoms with Gasteiger partial charge < -0.3 is 9.42 Å². The zero-order valence-electron chi connectivity index (χ0n) is 41.0. The van der Waals surface area contributed by atoms with Gasteiger partial charge in [-0.3, -0.25) is 4.57 Å². The van der Waals surface area contributed by atoms with Crippen molar-refractivity contribution in [2.45, 2.75) is 326 Å².